The van der Waals surface area contributed by atoms with E-state index >= 15 is 0 Å². The van der Waals surface area contributed by atoms with Crippen molar-refractivity contribution in [1.29, 1.82) is 0 Å². The van der Waals surface area contributed by atoms with Gasteiger partial charge in [-0.15, -0.1) is 0 Å². The van der Waals surface area contributed by atoms with Crippen molar-refractivity contribution < 1.29 is 47.6 Å². The van der Waals surface area contributed by atoms with Crippen LogP contribution in [-0.4, -0.2) is 67.3 Å². The van der Waals surface area contributed by atoms with Crippen LogP contribution in [0.1, 0.15) is 81.5 Å². The molecule has 0 aromatic heterocycles. The van der Waals surface area contributed by atoms with Crippen molar-refractivity contribution >= 4 is 23.9 Å². The van der Waals surface area contributed by atoms with E-state index in [0.29, 0.717) is 11.5 Å². The molecule has 280 valence electrons. The molecule has 10 heteroatoms. The van der Waals surface area contributed by atoms with Gasteiger partial charge < -0.3 is 28.4 Å². The van der Waals surface area contributed by atoms with Crippen LogP contribution in [0.25, 0.3) is 0 Å². The van der Waals surface area contributed by atoms with Crippen LogP contribution < -0.4 is 0 Å². The molecular formula is C44H44O10. The molecule has 3 fully saturated rings. The maximum atomic E-state index is 13.9. The maximum Gasteiger partial charge on any atom is 0.338 e. The van der Waals surface area contributed by atoms with E-state index in [-0.39, 0.29) is 33.6 Å². The Hall–Kier alpha value is -5.32. The highest BCUT2D eigenvalue weighted by molar-refractivity contribution is 5.91. The minimum absolute atomic E-state index is 0.0416. The summed E-state index contributed by atoms with van der Waals surface area (Å²) in [5.74, 6) is -2.46. The molecule has 2 aliphatic carbocycles. The van der Waals surface area contributed by atoms with Crippen LogP contribution in [0.15, 0.2) is 121 Å². The summed E-state index contributed by atoms with van der Waals surface area (Å²) >= 11 is 0. The van der Waals surface area contributed by atoms with Crippen molar-refractivity contribution in [3.63, 3.8) is 0 Å². The standard InChI is InChI=1S/C44H44O10/c1-43(2)32-24-25-44(43,3)34(26-32)51-42-37(54-41(48)31-22-14-7-15-23-31)36(53-40(47)30-20-12-6-13-21-30)35(52-39(46)29-18-10-5-11-19-29)33(50-42)27-49-38(45)28-16-8-4-9-17-28/h4-23,32-37,42H,24-27H2,1-3H3/t32-,33-,34+,35-,36+,37-,42+,44+/m1/s1. The highest BCUT2D eigenvalue weighted by Crippen LogP contribution is 2.66. The first-order valence-corrected chi connectivity index (χ1v) is 18.4. The van der Waals surface area contributed by atoms with E-state index < -0.39 is 61.2 Å². The van der Waals surface area contributed by atoms with Crippen molar-refractivity contribution in [2.24, 2.45) is 16.7 Å². The number of rotatable bonds is 11. The SMILES string of the molecule is CC1(C)[C@@H]2CC[C@@]1(C)[C@@H](O[C@@H]1O[C@H](COC(=O)c3ccccc3)[C@@H](OC(=O)c3ccccc3)[C@H](OC(=O)c3ccccc3)[C@H]1OC(=O)c1ccccc1)C2. The lowest BCUT2D eigenvalue weighted by atomic mass is 9.70. The number of carbonyl (C=O) groups excluding carboxylic acids is 4. The monoisotopic (exact) mass is 732 g/mol. The second-order valence-electron chi connectivity index (χ2n) is 15.0. The van der Waals surface area contributed by atoms with Gasteiger partial charge in [0.1, 0.15) is 12.7 Å². The lowest BCUT2D eigenvalue weighted by Gasteiger charge is -2.47. The molecule has 0 unspecified atom stereocenters. The molecule has 2 saturated carbocycles. The Kier molecular flexibility index (Phi) is 10.7. The quantitative estimate of drug-likeness (QED) is 0.113. The fourth-order valence-corrected chi connectivity index (χ4v) is 8.13. The van der Waals surface area contributed by atoms with E-state index in [0.717, 1.165) is 19.3 Å². The van der Waals surface area contributed by atoms with E-state index in [2.05, 4.69) is 20.8 Å². The highest BCUT2D eigenvalue weighted by Gasteiger charge is 2.64. The fraction of sp³-hybridized carbons (Fsp3) is 0.364. The van der Waals surface area contributed by atoms with Gasteiger partial charge in [0.25, 0.3) is 0 Å². The Morgan fingerprint density at radius 1 is 0.593 bits per heavy atom. The topological polar surface area (TPSA) is 124 Å². The number of fused-ring (bicyclic) bond motifs is 2. The van der Waals surface area contributed by atoms with Crippen molar-refractivity contribution in [1.82, 2.24) is 0 Å². The lowest BCUT2D eigenvalue weighted by Crippen LogP contribution is -2.64. The number of benzene rings is 4. The van der Waals surface area contributed by atoms with Gasteiger partial charge in [0.15, 0.2) is 24.6 Å². The van der Waals surface area contributed by atoms with Gasteiger partial charge in [0.05, 0.1) is 28.4 Å². The molecule has 7 rings (SSSR count). The second-order valence-corrected chi connectivity index (χ2v) is 15.0. The molecule has 54 heavy (non-hydrogen) atoms. The normalized spacial score (nSPS) is 28.1. The average Bonchev–Trinajstić information content (AvgIpc) is 3.54. The smallest absolute Gasteiger partial charge is 0.338 e. The Balaban J connectivity index is 1.29. The van der Waals surface area contributed by atoms with E-state index in [4.69, 9.17) is 28.4 Å². The number of hydrogen-bond donors (Lipinski definition) is 0. The van der Waals surface area contributed by atoms with Crippen LogP contribution in [-0.2, 0) is 28.4 Å². The molecular weight excluding hydrogens is 688 g/mol. The zero-order chi connectivity index (χ0) is 37.9. The molecule has 1 aliphatic heterocycles. The van der Waals surface area contributed by atoms with E-state index in [1.165, 1.54) is 0 Å². The Morgan fingerprint density at radius 2 is 1.02 bits per heavy atom. The third-order valence-electron chi connectivity index (χ3n) is 11.7. The van der Waals surface area contributed by atoms with Gasteiger partial charge >= 0.3 is 23.9 Å². The molecule has 0 amide bonds. The molecule has 1 heterocycles. The van der Waals surface area contributed by atoms with Gasteiger partial charge in [-0.3, -0.25) is 0 Å². The molecule has 4 aromatic carbocycles. The van der Waals surface area contributed by atoms with Crippen LogP contribution in [0.2, 0.25) is 0 Å². The van der Waals surface area contributed by atoms with Crippen LogP contribution in [0, 0.1) is 16.7 Å². The van der Waals surface area contributed by atoms with Gasteiger partial charge in [-0.25, -0.2) is 19.2 Å². The molecule has 10 nitrogen and oxygen atoms in total. The second kappa shape index (κ2) is 15.6. The molecule has 3 aliphatic rings. The van der Waals surface area contributed by atoms with Gasteiger partial charge in [-0.05, 0) is 84.5 Å². The highest BCUT2D eigenvalue weighted by atomic mass is 16.7. The molecule has 0 N–H and O–H groups in total. The summed E-state index contributed by atoms with van der Waals surface area (Å²) < 4.78 is 37.8. The molecule has 8 atom stereocenters. The van der Waals surface area contributed by atoms with Gasteiger partial charge in [-0.2, -0.15) is 0 Å². The predicted octanol–water partition coefficient (Wildman–Crippen LogP) is 7.48. The number of hydrogen-bond acceptors (Lipinski definition) is 10. The summed E-state index contributed by atoms with van der Waals surface area (Å²) in [5, 5.41) is 0. The largest absolute Gasteiger partial charge is 0.459 e. The maximum absolute atomic E-state index is 13.9. The van der Waals surface area contributed by atoms with Gasteiger partial charge in [0, 0.05) is 0 Å². The Bertz CT molecular complexity index is 1930. The third kappa shape index (κ3) is 7.41. The third-order valence-corrected chi connectivity index (χ3v) is 11.7. The zero-order valence-electron chi connectivity index (χ0n) is 30.5. The van der Waals surface area contributed by atoms with Crippen LogP contribution in [0.3, 0.4) is 0 Å². The summed E-state index contributed by atoms with van der Waals surface area (Å²) in [6.07, 6.45) is -4.39. The molecule has 4 aromatic rings. The summed E-state index contributed by atoms with van der Waals surface area (Å²) in [6, 6.07) is 33.4. The molecule has 0 radical (unpaired) electrons. The van der Waals surface area contributed by atoms with Crippen LogP contribution in [0.5, 0.6) is 0 Å². The minimum Gasteiger partial charge on any atom is -0.459 e. The first kappa shape index (κ1) is 37.0. The van der Waals surface area contributed by atoms with E-state index in [1.54, 1.807) is 121 Å². The van der Waals surface area contributed by atoms with Crippen molar-refractivity contribution in [2.45, 2.75) is 76.8 Å². The van der Waals surface area contributed by atoms with Crippen molar-refractivity contribution in [3.05, 3.63) is 144 Å². The average molecular weight is 733 g/mol. The summed E-state index contributed by atoms with van der Waals surface area (Å²) in [6.45, 7) is 6.29. The summed E-state index contributed by atoms with van der Waals surface area (Å²) in [5.41, 5.74) is 0.708. The first-order chi connectivity index (χ1) is 26.0. The van der Waals surface area contributed by atoms with Crippen LogP contribution >= 0.6 is 0 Å². The lowest BCUT2D eigenvalue weighted by molar-refractivity contribution is -0.316. The molecule has 0 spiro atoms. The predicted molar refractivity (Wildman–Crippen MR) is 196 cm³/mol. The minimum atomic E-state index is -1.46. The van der Waals surface area contributed by atoms with E-state index in [9.17, 15) is 19.2 Å². The summed E-state index contributed by atoms with van der Waals surface area (Å²) in [4.78, 5) is 54.7. The number of ether oxygens (including phenoxy) is 6. The van der Waals surface area contributed by atoms with Crippen LogP contribution in [0.4, 0.5) is 0 Å². The van der Waals surface area contributed by atoms with E-state index in [1.807, 2.05) is 0 Å². The van der Waals surface area contributed by atoms with Gasteiger partial charge in [-0.1, -0.05) is 93.6 Å². The zero-order valence-corrected chi connectivity index (χ0v) is 30.5. The Morgan fingerprint density at radius 3 is 1.44 bits per heavy atom. The summed E-state index contributed by atoms with van der Waals surface area (Å²) in [7, 11) is 0. The van der Waals surface area contributed by atoms with Gasteiger partial charge in [0.2, 0.25) is 0 Å². The number of carbonyl (C=O) groups is 4. The molecule has 2 bridgehead atoms. The fourth-order valence-electron chi connectivity index (χ4n) is 8.13. The molecule has 1 saturated heterocycles. The first-order valence-electron chi connectivity index (χ1n) is 18.4. The van der Waals surface area contributed by atoms with Crippen molar-refractivity contribution in [3.8, 4) is 0 Å². The number of esters is 4. The van der Waals surface area contributed by atoms with Crippen molar-refractivity contribution in [2.75, 3.05) is 6.61 Å². The Labute approximate surface area is 314 Å².